The highest BCUT2D eigenvalue weighted by Crippen LogP contribution is 2.22. The van der Waals surface area contributed by atoms with Crippen LogP contribution in [0.5, 0.6) is 0 Å². The maximum atomic E-state index is 11.5. The molecular weight excluding hydrogens is 291 g/mol. The summed E-state index contributed by atoms with van der Waals surface area (Å²) in [4.78, 5) is 22.4. The average Bonchev–Trinajstić information content (AvgIpc) is 2.30. The fourth-order valence-corrected chi connectivity index (χ4v) is 1.53. The number of rotatable bonds is 4. The summed E-state index contributed by atoms with van der Waals surface area (Å²) in [5, 5.41) is 14.6. The van der Waals surface area contributed by atoms with E-state index in [0.717, 1.165) is 5.56 Å². The first-order valence-corrected chi connectivity index (χ1v) is 6.21. The lowest BCUT2D eigenvalue weighted by molar-refractivity contribution is -0.142. The highest BCUT2D eigenvalue weighted by atomic mass is 35.5. The zero-order valence-electron chi connectivity index (χ0n) is 10.5. The van der Waals surface area contributed by atoms with Gasteiger partial charge in [0, 0.05) is 6.54 Å². The van der Waals surface area contributed by atoms with E-state index in [1.54, 1.807) is 18.2 Å². The van der Waals surface area contributed by atoms with Crippen LogP contribution in [0.25, 0.3) is 0 Å². The predicted molar refractivity (Wildman–Crippen MR) is 73.5 cm³/mol. The maximum Gasteiger partial charge on any atom is 0.328 e. The zero-order valence-corrected chi connectivity index (χ0v) is 12.0. The van der Waals surface area contributed by atoms with Gasteiger partial charge in [-0.25, -0.2) is 9.59 Å². The Kier molecular flexibility index (Phi) is 5.03. The molecule has 0 aliphatic heterocycles. The van der Waals surface area contributed by atoms with Crippen molar-refractivity contribution < 1.29 is 14.7 Å². The van der Waals surface area contributed by atoms with E-state index >= 15 is 0 Å². The average molecular weight is 305 g/mol. The van der Waals surface area contributed by atoms with Crippen molar-refractivity contribution in [1.82, 2.24) is 10.6 Å². The molecule has 3 N–H and O–H groups in total. The van der Waals surface area contributed by atoms with Crippen LogP contribution in [0.1, 0.15) is 19.4 Å². The third kappa shape index (κ3) is 4.61. The van der Waals surface area contributed by atoms with E-state index in [9.17, 15) is 9.59 Å². The minimum atomic E-state index is -1.33. The largest absolute Gasteiger partial charge is 0.480 e. The highest BCUT2D eigenvalue weighted by Gasteiger charge is 2.28. The number of hydrogen-bond donors (Lipinski definition) is 3. The van der Waals surface area contributed by atoms with Crippen LogP contribution in [-0.4, -0.2) is 22.6 Å². The first-order valence-electron chi connectivity index (χ1n) is 5.45. The van der Waals surface area contributed by atoms with E-state index in [-0.39, 0.29) is 6.54 Å². The topological polar surface area (TPSA) is 78.4 Å². The number of carboxylic acid groups (broad SMARTS) is 1. The molecule has 0 saturated carbocycles. The van der Waals surface area contributed by atoms with Crippen LogP contribution in [0.2, 0.25) is 10.0 Å². The fraction of sp³-hybridized carbons (Fsp3) is 0.333. The van der Waals surface area contributed by atoms with Gasteiger partial charge >= 0.3 is 12.0 Å². The maximum absolute atomic E-state index is 11.5. The van der Waals surface area contributed by atoms with E-state index in [4.69, 9.17) is 28.3 Å². The summed E-state index contributed by atoms with van der Waals surface area (Å²) < 4.78 is 0. The molecule has 1 aromatic rings. The molecule has 0 spiro atoms. The molecule has 0 fully saturated rings. The third-order valence-electron chi connectivity index (χ3n) is 2.40. The number of carboxylic acids is 1. The van der Waals surface area contributed by atoms with Crippen LogP contribution < -0.4 is 10.6 Å². The van der Waals surface area contributed by atoms with Crippen LogP contribution in [0, 0.1) is 0 Å². The van der Waals surface area contributed by atoms with Gasteiger partial charge in [0.1, 0.15) is 5.54 Å². The van der Waals surface area contributed by atoms with Crippen molar-refractivity contribution in [2.75, 3.05) is 0 Å². The summed E-state index contributed by atoms with van der Waals surface area (Å²) in [5.41, 5.74) is -0.570. The fourth-order valence-electron chi connectivity index (χ4n) is 1.21. The Hall–Kier alpha value is -1.46. The molecule has 0 heterocycles. The molecule has 2 amide bonds. The number of urea groups is 1. The lowest BCUT2D eigenvalue weighted by Crippen LogP contribution is -2.52. The van der Waals surface area contributed by atoms with Crippen molar-refractivity contribution in [3.63, 3.8) is 0 Å². The molecule has 7 heteroatoms. The number of nitrogens with one attached hydrogen (secondary N) is 2. The molecule has 0 radical (unpaired) electrons. The van der Waals surface area contributed by atoms with Gasteiger partial charge in [0.05, 0.1) is 10.0 Å². The van der Waals surface area contributed by atoms with Crippen molar-refractivity contribution in [2.45, 2.75) is 25.9 Å². The molecule has 0 aliphatic carbocycles. The van der Waals surface area contributed by atoms with Gasteiger partial charge < -0.3 is 15.7 Å². The van der Waals surface area contributed by atoms with E-state index in [1.807, 2.05) is 0 Å². The van der Waals surface area contributed by atoms with Gasteiger partial charge in [-0.05, 0) is 31.5 Å². The summed E-state index contributed by atoms with van der Waals surface area (Å²) in [5.74, 6) is -1.11. The number of carbonyl (C=O) groups excluding carboxylic acids is 1. The first-order chi connectivity index (χ1) is 8.72. The van der Waals surface area contributed by atoms with Crippen molar-refractivity contribution in [1.29, 1.82) is 0 Å². The molecule has 0 aromatic heterocycles. The predicted octanol–water partition coefficient (Wildman–Crippen LogP) is 2.66. The zero-order chi connectivity index (χ0) is 14.6. The summed E-state index contributed by atoms with van der Waals surface area (Å²) in [7, 11) is 0. The molecule has 1 aromatic carbocycles. The Bertz CT molecular complexity index is 504. The van der Waals surface area contributed by atoms with Crippen LogP contribution in [0.3, 0.4) is 0 Å². The van der Waals surface area contributed by atoms with Crippen molar-refractivity contribution >= 4 is 35.2 Å². The van der Waals surface area contributed by atoms with Crippen LogP contribution in [-0.2, 0) is 11.3 Å². The van der Waals surface area contributed by atoms with E-state index in [1.165, 1.54) is 13.8 Å². The van der Waals surface area contributed by atoms with Gasteiger partial charge in [-0.1, -0.05) is 29.3 Å². The molecule has 0 saturated heterocycles. The minimum absolute atomic E-state index is 0.221. The van der Waals surface area contributed by atoms with Crippen molar-refractivity contribution in [3.8, 4) is 0 Å². The Morgan fingerprint density at radius 1 is 1.26 bits per heavy atom. The second-order valence-electron chi connectivity index (χ2n) is 4.49. The summed E-state index contributed by atoms with van der Waals surface area (Å²) in [6.45, 7) is 3.01. The number of amides is 2. The molecule has 0 unspecified atom stereocenters. The quantitative estimate of drug-likeness (QED) is 0.800. The first kappa shape index (κ1) is 15.6. The monoisotopic (exact) mass is 304 g/mol. The molecular formula is C12H14Cl2N2O3. The minimum Gasteiger partial charge on any atom is -0.480 e. The van der Waals surface area contributed by atoms with E-state index in [0.29, 0.717) is 10.0 Å². The Labute approximate surface area is 120 Å². The number of carbonyl (C=O) groups is 2. The molecule has 5 nitrogen and oxygen atoms in total. The normalized spacial score (nSPS) is 10.9. The lowest BCUT2D eigenvalue weighted by atomic mass is 10.1. The molecule has 0 aliphatic rings. The van der Waals surface area contributed by atoms with Crippen molar-refractivity contribution in [2.24, 2.45) is 0 Å². The Balaban J connectivity index is 2.55. The van der Waals surface area contributed by atoms with Crippen LogP contribution in [0.4, 0.5) is 4.79 Å². The summed E-state index contributed by atoms with van der Waals surface area (Å²) in [6.07, 6.45) is 0. The SMILES string of the molecule is CC(C)(NC(=O)NCc1ccc(Cl)c(Cl)c1)C(=O)O. The lowest BCUT2D eigenvalue weighted by Gasteiger charge is -2.21. The summed E-state index contributed by atoms with van der Waals surface area (Å²) in [6, 6.07) is 4.40. The number of benzene rings is 1. The number of halogens is 2. The Morgan fingerprint density at radius 3 is 2.42 bits per heavy atom. The standard InChI is InChI=1S/C12H14Cl2N2O3/c1-12(2,10(17)18)16-11(19)15-6-7-3-4-8(13)9(14)5-7/h3-5H,6H2,1-2H3,(H,17,18)(H2,15,16,19). The van der Waals surface area contributed by atoms with Crippen molar-refractivity contribution in [3.05, 3.63) is 33.8 Å². The van der Waals surface area contributed by atoms with Gasteiger partial charge in [0.15, 0.2) is 0 Å². The van der Waals surface area contributed by atoms with Gasteiger partial charge in [0.2, 0.25) is 0 Å². The van der Waals surface area contributed by atoms with E-state index in [2.05, 4.69) is 10.6 Å². The van der Waals surface area contributed by atoms with Gasteiger partial charge in [-0.3, -0.25) is 0 Å². The molecule has 0 atom stereocenters. The van der Waals surface area contributed by atoms with Gasteiger partial charge in [-0.15, -0.1) is 0 Å². The second kappa shape index (κ2) is 6.12. The summed E-state index contributed by atoms with van der Waals surface area (Å²) >= 11 is 11.6. The van der Waals surface area contributed by atoms with Gasteiger partial charge in [-0.2, -0.15) is 0 Å². The molecule has 0 bridgehead atoms. The second-order valence-corrected chi connectivity index (χ2v) is 5.30. The highest BCUT2D eigenvalue weighted by molar-refractivity contribution is 6.42. The van der Waals surface area contributed by atoms with Gasteiger partial charge in [0.25, 0.3) is 0 Å². The van der Waals surface area contributed by atoms with Crippen LogP contribution >= 0.6 is 23.2 Å². The van der Waals surface area contributed by atoms with Crippen LogP contribution in [0.15, 0.2) is 18.2 Å². The number of aliphatic carboxylic acids is 1. The molecule has 19 heavy (non-hydrogen) atoms. The van der Waals surface area contributed by atoms with E-state index < -0.39 is 17.5 Å². The third-order valence-corrected chi connectivity index (χ3v) is 3.14. The Morgan fingerprint density at radius 2 is 1.89 bits per heavy atom. The number of hydrogen-bond acceptors (Lipinski definition) is 2. The molecule has 1 rings (SSSR count). The molecule has 104 valence electrons. The smallest absolute Gasteiger partial charge is 0.328 e.